The number of unbranched alkanes of at least 4 members (excludes halogenated alkanes) is 1. The van der Waals surface area contributed by atoms with Crippen LogP contribution in [-0.4, -0.2) is 5.91 Å². The average Bonchev–Trinajstić information content (AvgIpc) is 2.22. The van der Waals surface area contributed by atoms with Gasteiger partial charge in [0.15, 0.2) is 0 Å². The van der Waals surface area contributed by atoms with E-state index < -0.39 is 0 Å². The number of anilines is 1. The van der Waals surface area contributed by atoms with Gasteiger partial charge in [0.25, 0.3) is 0 Å². The molecule has 1 aromatic carbocycles. The number of benzene rings is 1. The molecule has 1 rings (SSSR count). The zero-order valence-electron chi connectivity index (χ0n) is 8.50. The molecule has 0 atom stereocenters. The average molecular weight is 207 g/mol. The zero-order valence-corrected chi connectivity index (χ0v) is 8.50. The maximum Gasteiger partial charge on any atom is 0.224 e. The minimum Gasteiger partial charge on any atom is -0.326 e. The molecule has 0 bridgehead atoms. The highest BCUT2D eigenvalue weighted by Gasteiger charge is 2.01. The van der Waals surface area contributed by atoms with E-state index in [0.29, 0.717) is 12.1 Å². The van der Waals surface area contributed by atoms with E-state index in [1.165, 1.54) is 12.1 Å². The molecule has 0 unspecified atom stereocenters. The van der Waals surface area contributed by atoms with Gasteiger partial charge in [0.2, 0.25) is 5.91 Å². The third kappa shape index (κ3) is 4.40. The van der Waals surface area contributed by atoms with Crippen molar-refractivity contribution in [3.8, 4) is 0 Å². The standard InChI is InChI=1S/C12H14FNO/c1-2-3-4-5-12(15)14-11-8-6-10(13)7-9-11/h2,6-9H,1,3-5H2,(H,14,15). The molecule has 0 aliphatic carbocycles. The number of carbonyl (C=O) groups is 1. The Labute approximate surface area is 88.8 Å². The van der Waals surface area contributed by atoms with Gasteiger partial charge in [-0.15, -0.1) is 6.58 Å². The molecule has 1 amide bonds. The molecule has 0 radical (unpaired) electrons. The Morgan fingerprint density at radius 3 is 2.67 bits per heavy atom. The van der Waals surface area contributed by atoms with Crippen molar-refractivity contribution in [3.63, 3.8) is 0 Å². The molecule has 0 saturated carbocycles. The van der Waals surface area contributed by atoms with E-state index in [1.54, 1.807) is 18.2 Å². The first-order chi connectivity index (χ1) is 7.22. The Hall–Kier alpha value is -1.64. The summed E-state index contributed by atoms with van der Waals surface area (Å²) >= 11 is 0. The van der Waals surface area contributed by atoms with E-state index in [2.05, 4.69) is 11.9 Å². The molecule has 0 fully saturated rings. The Bertz CT molecular complexity index is 332. The van der Waals surface area contributed by atoms with Crippen LogP contribution in [0.15, 0.2) is 36.9 Å². The Morgan fingerprint density at radius 2 is 2.07 bits per heavy atom. The number of hydrogen-bond acceptors (Lipinski definition) is 1. The Balaban J connectivity index is 2.37. The molecule has 0 aliphatic rings. The van der Waals surface area contributed by atoms with Crippen molar-refractivity contribution in [2.24, 2.45) is 0 Å². The fourth-order valence-corrected chi connectivity index (χ4v) is 1.16. The van der Waals surface area contributed by atoms with Crippen LogP contribution in [0.3, 0.4) is 0 Å². The number of amides is 1. The molecule has 0 aliphatic heterocycles. The summed E-state index contributed by atoms with van der Waals surface area (Å²) in [5.74, 6) is -0.358. The van der Waals surface area contributed by atoms with Gasteiger partial charge in [-0.05, 0) is 37.1 Å². The van der Waals surface area contributed by atoms with Crippen molar-refractivity contribution in [2.45, 2.75) is 19.3 Å². The van der Waals surface area contributed by atoms with Crippen LogP contribution in [0.4, 0.5) is 10.1 Å². The Morgan fingerprint density at radius 1 is 1.40 bits per heavy atom. The molecule has 1 N–H and O–H groups in total. The van der Waals surface area contributed by atoms with Crippen LogP contribution < -0.4 is 5.32 Å². The molecule has 80 valence electrons. The van der Waals surface area contributed by atoms with Gasteiger partial charge in [0.1, 0.15) is 5.82 Å². The fraction of sp³-hybridized carbons (Fsp3) is 0.250. The molecular weight excluding hydrogens is 193 g/mol. The van der Waals surface area contributed by atoms with Gasteiger partial charge in [-0.25, -0.2) is 4.39 Å². The smallest absolute Gasteiger partial charge is 0.224 e. The third-order valence-corrected chi connectivity index (χ3v) is 1.94. The summed E-state index contributed by atoms with van der Waals surface area (Å²) in [5.41, 5.74) is 0.625. The first kappa shape index (κ1) is 11.4. The lowest BCUT2D eigenvalue weighted by molar-refractivity contribution is -0.116. The van der Waals surface area contributed by atoms with Crippen molar-refractivity contribution >= 4 is 11.6 Å². The highest BCUT2D eigenvalue weighted by molar-refractivity contribution is 5.90. The highest BCUT2D eigenvalue weighted by atomic mass is 19.1. The van der Waals surface area contributed by atoms with Crippen molar-refractivity contribution in [1.82, 2.24) is 0 Å². The second kappa shape index (κ2) is 5.96. The van der Waals surface area contributed by atoms with Crippen molar-refractivity contribution in [2.75, 3.05) is 5.32 Å². The topological polar surface area (TPSA) is 29.1 Å². The van der Waals surface area contributed by atoms with Gasteiger partial charge >= 0.3 is 0 Å². The summed E-state index contributed by atoms with van der Waals surface area (Å²) in [6, 6.07) is 5.72. The van der Waals surface area contributed by atoms with Gasteiger partial charge in [-0.1, -0.05) is 6.08 Å². The normalized spacial score (nSPS) is 9.67. The zero-order chi connectivity index (χ0) is 11.1. The van der Waals surface area contributed by atoms with Crippen LogP contribution in [0.2, 0.25) is 0 Å². The van der Waals surface area contributed by atoms with E-state index in [-0.39, 0.29) is 11.7 Å². The van der Waals surface area contributed by atoms with Crippen LogP contribution in [0.1, 0.15) is 19.3 Å². The van der Waals surface area contributed by atoms with Gasteiger partial charge < -0.3 is 5.32 Å². The minimum absolute atomic E-state index is 0.0524. The number of allylic oxidation sites excluding steroid dienone is 1. The molecular formula is C12H14FNO. The molecule has 0 aromatic heterocycles. The summed E-state index contributed by atoms with van der Waals surface area (Å²) in [6.45, 7) is 3.58. The maximum absolute atomic E-state index is 12.5. The van der Waals surface area contributed by atoms with Crippen molar-refractivity contribution in [3.05, 3.63) is 42.7 Å². The first-order valence-corrected chi connectivity index (χ1v) is 4.88. The van der Waals surface area contributed by atoms with Crippen LogP contribution >= 0.6 is 0 Å². The quantitative estimate of drug-likeness (QED) is 0.583. The maximum atomic E-state index is 12.5. The Kier molecular flexibility index (Phi) is 4.54. The second-order valence-electron chi connectivity index (χ2n) is 3.24. The van der Waals surface area contributed by atoms with E-state index in [4.69, 9.17) is 0 Å². The van der Waals surface area contributed by atoms with Gasteiger partial charge in [0, 0.05) is 12.1 Å². The molecule has 0 heterocycles. The SMILES string of the molecule is C=CCCCC(=O)Nc1ccc(F)cc1. The summed E-state index contributed by atoms with van der Waals surface area (Å²) in [6.07, 6.45) is 3.86. The second-order valence-corrected chi connectivity index (χ2v) is 3.24. The van der Waals surface area contributed by atoms with Crippen LogP contribution in [0.5, 0.6) is 0 Å². The summed E-state index contributed by atoms with van der Waals surface area (Å²) < 4.78 is 12.5. The number of rotatable bonds is 5. The van der Waals surface area contributed by atoms with Gasteiger partial charge in [0.05, 0.1) is 0 Å². The number of nitrogens with one attached hydrogen (secondary N) is 1. The molecule has 0 spiro atoms. The molecule has 2 nitrogen and oxygen atoms in total. The highest BCUT2D eigenvalue weighted by Crippen LogP contribution is 2.09. The predicted molar refractivity (Wildman–Crippen MR) is 59.1 cm³/mol. The number of carbonyl (C=O) groups excluding carboxylic acids is 1. The van der Waals surface area contributed by atoms with Gasteiger partial charge in [-0.3, -0.25) is 4.79 Å². The van der Waals surface area contributed by atoms with E-state index >= 15 is 0 Å². The van der Waals surface area contributed by atoms with E-state index in [1.807, 2.05) is 0 Å². The van der Waals surface area contributed by atoms with E-state index in [0.717, 1.165) is 12.8 Å². The van der Waals surface area contributed by atoms with Crippen molar-refractivity contribution in [1.29, 1.82) is 0 Å². The summed E-state index contributed by atoms with van der Waals surface area (Å²) in [7, 11) is 0. The lowest BCUT2D eigenvalue weighted by atomic mass is 10.2. The van der Waals surface area contributed by atoms with Gasteiger partial charge in [-0.2, -0.15) is 0 Å². The molecule has 3 heteroatoms. The number of halogens is 1. The summed E-state index contributed by atoms with van der Waals surface area (Å²) in [5, 5.41) is 2.69. The van der Waals surface area contributed by atoms with Crippen molar-refractivity contribution < 1.29 is 9.18 Å². The van der Waals surface area contributed by atoms with E-state index in [9.17, 15) is 9.18 Å². The first-order valence-electron chi connectivity index (χ1n) is 4.88. The molecule has 15 heavy (non-hydrogen) atoms. The van der Waals surface area contributed by atoms with Crippen LogP contribution in [-0.2, 0) is 4.79 Å². The monoisotopic (exact) mass is 207 g/mol. The number of hydrogen-bond donors (Lipinski definition) is 1. The summed E-state index contributed by atoms with van der Waals surface area (Å²) in [4.78, 5) is 11.3. The molecule has 1 aromatic rings. The fourth-order valence-electron chi connectivity index (χ4n) is 1.16. The van der Waals surface area contributed by atoms with Crippen LogP contribution in [0.25, 0.3) is 0 Å². The third-order valence-electron chi connectivity index (χ3n) is 1.94. The largest absolute Gasteiger partial charge is 0.326 e. The predicted octanol–water partition coefficient (Wildman–Crippen LogP) is 3.12. The lowest BCUT2D eigenvalue weighted by Gasteiger charge is -2.03. The minimum atomic E-state index is -0.306. The van der Waals surface area contributed by atoms with Crippen LogP contribution in [0, 0.1) is 5.82 Å². The molecule has 0 saturated heterocycles. The lowest BCUT2D eigenvalue weighted by Crippen LogP contribution is -2.10.